The maximum Gasteiger partial charge on any atom is 0.310 e. The van der Waals surface area contributed by atoms with Crippen molar-refractivity contribution in [3.8, 4) is 0 Å². The molecule has 0 radical (unpaired) electrons. The molecular formula is C10H13N3O3. The smallest absolute Gasteiger partial charge is 0.310 e. The van der Waals surface area contributed by atoms with Crippen LogP contribution in [-0.4, -0.2) is 45.2 Å². The lowest BCUT2D eigenvalue weighted by Gasteiger charge is -2.36. The molecule has 1 aromatic rings. The average Bonchev–Trinajstić information content (AvgIpc) is 2.42. The summed E-state index contributed by atoms with van der Waals surface area (Å²) in [5.74, 6) is -1.40. The van der Waals surface area contributed by atoms with Gasteiger partial charge in [0.2, 0.25) is 0 Å². The van der Waals surface area contributed by atoms with E-state index in [-0.39, 0.29) is 19.0 Å². The van der Waals surface area contributed by atoms with Crippen molar-refractivity contribution < 1.29 is 14.7 Å². The van der Waals surface area contributed by atoms with Crippen LogP contribution in [0.1, 0.15) is 21.7 Å². The van der Waals surface area contributed by atoms with Gasteiger partial charge < -0.3 is 10.0 Å². The number of rotatable bonds is 2. The summed E-state index contributed by atoms with van der Waals surface area (Å²) in [4.78, 5) is 24.1. The van der Waals surface area contributed by atoms with Crippen LogP contribution >= 0.6 is 0 Å². The molecule has 2 N–H and O–H groups in total. The number of amides is 1. The molecule has 2 heterocycles. The molecule has 1 saturated heterocycles. The van der Waals surface area contributed by atoms with Crippen molar-refractivity contribution in [2.75, 3.05) is 13.1 Å². The molecule has 1 aliphatic rings. The van der Waals surface area contributed by atoms with E-state index < -0.39 is 11.9 Å². The second kappa shape index (κ2) is 3.62. The van der Waals surface area contributed by atoms with Gasteiger partial charge in [-0.25, -0.2) is 0 Å². The zero-order chi connectivity index (χ0) is 11.9. The summed E-state index contributed by atoms with van der Waals surface area (Å²) < 4.78 is 0. The summed E-state index contributed by atoms with van der Waals surface area (Å²) in [7, 11) is 0. The van der Waals surface area contributed by atoms with Crippen LogP contribution in [0.15, 0.2) is 0 Å². The van der Waals surface area contributed by atoms with Crippen LogP contribution in [0, 0.1) is 19.8 Å². The number of aliphatic carboxylic acids is 1. The highest BCUT2D eigenvalue weighted by Gasteiger charge is 2.37. The first-order valence-corrected chi connectivity index (χ1v) is 5.04. The number of aryl methyl sites for hydroxylation is 2. The molecule has 1 fully saturated rings. The van der Waals surface area contributed by atoms with Crippen LogP contribution in [0.2, 0.25) is 0 Å². The zero-order valence-corrected chi connectivity index (χ0v) is 9.15. The number of aromatic amines is 1. The molecule has 0 saturated carbocycles. The Morgan fingerprint density at radius 1 is 1.44 bits per heavy atom. The van der Waals surface area contributed by atoms with Gasteiger partial charge in [0.1, 0.15) is 0 Å². The zero-order valence-electron chi connectivity index (χ0n) is 9.15. The molecule has 1 aliphatic heterocycles. The van der Waals surface area contributed by atoms with Gasteiger partial charge in [-0.15, -0.1) is 0 Å². The second-order valence-corrected chi connectivity index (χ2v) is 4.05. The number of likely N-dealkylation sites (tertiary alicyclic amines) is 1. The Morgan fingerprint density at radius 2 is 2.06 bits per heavy atom. The number of carboxylic acids is 1. The van der Waals surface area contributed by atoms with Crippen molar-refractivity contribution in [2.24, 2.45) is 5.92 Å². The van der Waals surface area contributed by atoms with Crippen LogP contribution in [0.5, 0.6) is 0 Å². The Kier molecular flexibility index (Phi) is 2.41. The summed E-state index contributed by atoms with van der Waals surface area (Å²) in [6.45, 7) is 4.11. The lowest BCUT2D eigenvalue weighted by molar-refractivity contribution is -0.146. The number of carboxylic acid groups (broad SMARTS) is 1. The molecule has 6 heteroatoms. The van der Waals surface area contributed by atoms with Gasteiger partial charge in [0.05, 0.1) is 17.2 Å². The van der Waals surface area contributed by atoms with E-state index in [1.54, 1.807) is 13.8 Å². The largest absolute Gasteiger partial charge is 0.481 e. The minimum atomic E-state index is -0.843. The van der Waals surface area contributed by atoms with E-state index in [1.807, 2.05) is 0 Å². The van der Waals surface area contributed by atoms with Gasteiger partial charge in [0.25, 0.3) is 5.91 Å². The third-order valence-electron chi connectivity index (χ3n) is 2.86. The summed E-state index contributed by atoms with van der Waals surface area (Å²) in [5.41, 5.74) is 1.94. The number of hydrogen-bond donors (Lipinski definition) is 2. The number of carbonyl (C=O) groups excluding carboxylic acids is 1. The van der Waals surface area contributed by atoms with Gasteiger partial charge in [0, 0.05) is 18.8 Å². The number of nitrogens with one attached hydrogen (secondary N) is 1. The monoisotopic (exact) mass is 223 g/mol. The van der Waals surface area contributed by atoms with Crippen molar-refractivity contribution in [1.82, 2.24) is 15.1 Å². The normalized spacial score (nSPS) is 16.0. The van der Waals surface area contributed by atoms with E-state index in [0.29, 0.717) is 11.3 Å². The van der Waals surface area contributed by atoms with Crippen LogP contribution in [0.3, 0.4) is 0 Å². The average molecular weight is 223 g/mol. The Bertz CT molecular complexity index is 427. The molecule has 0 spiro atoms. The molecule has 86 valence electrons. The quantitative estimate of drug-likeness (QED) is 0.749. The molecule has 0 aliphatic carbocycles. The molecule has 0 bridgehead atoms. The standard InChI is InChI=1S/C10H13N3O3/c1-5-8(6(2)12-11-5)9(14)13-3-7(4-13)10(15)16/h7H,3-4H2,1-2H3,(H,11,12)(H,15,16). The predicted octanol–water partition coefficient (Wildman–Crippen LogP) is 0.183. The van der Waals surface area contributed by atoms with E-state index in [9.17, 15) is 9.59 Å². The summed E-state index contributed by atoms with van der Waals surface area (Å²) in [5, 5.41) is 15.4. The number of aromatic nitrogens is 2. The number of H-pyrrole nitrogens is 1. The molecule has 0 aromatic carbocycles. The first kappa shape index (κ1) is 10.7. The van der Waals surface area contributed by atoms with Crippen molar-refractivity contribution in [3.05, 3.63) is 17.0 Å². The second-order valence-electron chi connectivity index (χ2n) is 4.05. The van der Waals surface area contributed by atoms with E-state index in [0.717, 1.165) is 5.69 Å². The van der Waals surface area contributed by atoms with Gasteiger partial charge in [0.15, 0.2) is 0 Å². The van der Waals surface area contributed by atoms with Crippen LogP contribution < -0.4 is 0 Å². The molecule has 6 nitrogen and oxygen atoms in total. The van der Waals surface area contributed by atoms with E-state index in [2.05, 4.69) is 10.2 Å². The third kappa shape index (κ3) is 1.56. The Morgan fingerprint density at radius 3 is 2.50 bits per heavy atom. The van der Waals surface area contributed by atoms with Crippen LogP contribution in [-0.2, 0) is 4.79 Å². The lowest BCUT2D eigenvalue weighted by atomic mass is 9.99. The molecule has 1 amide bonds. The highest BCUT2D eigenvalue weighted by Crippen LogP contribution is 2.21. The molecule has 1 aromatic heterocycles. The van der Waals surface area contributed by atoms with E-state index in [1.165, 1.54) is 4.90 Å². The SMILES string of the molecule is Cc1n[nH]c(C)c1C(=O)N1CC(C(=O)O)C1. The van der Waals surface area contributed by atoms with Gasteiger partial charge in [-0.05, 0) is 13.8 Å². The fourth-order valence-corrected chi connectivity index (χ4v) is 1.82. The molecule has 0 atom stereocenters. The summed E-state index contributed by atoms with van der Waals surface area (Å²) in [6, 6.07) is 0. The summed E-state index contributed by atoms with van der Waals surface area (Å²) in [6.07, 6.45) is 0. The van der Waals surface area contributed by atoms with Crippen molar-refractivity contribution in [2.45, 2.75) is 13.8 Å². The Labute approximate surface area is 92.3 Å². The number of carbonyl (C=O) groups is 2. The highest BCUT2D eigenvalue weighted by atomic mass is 16.4. The van der Waals surface area contributed by atoms with Gasteiger partial charge in [-0.3, -0.25) is 14.7 Å². The predicted molar refractivity (Wildman–Crippen MR) is 55.1 cm³/mol. The van der Waals surface area contributed by atoms with Crippen LogP contribution in [0.4, 0.5) is 0 Å². The molecular weight excluding hydrogens is 210 g/mol. The fourth-order valence-electron chi connectivity index (χ4n) is 1.82. The van der Waals surface area contributed by atoms with Crippen molar-refractivity contribution in [3.63, 3.8) is 0 Å². The van der Waals surface area contributed by atoms with Gasteiger partial charge >= 0.3 is 5.97 Å². The highest BCUT2D eigenvalue weighted by molar-refractivity contribution is 5.97. The van der Waals surface area contributed by atoms with Crippen molar-refractivity contribution >= 4 is 11.9 Å². The minimum Gasteiger partial charge on any atom is -0.481 e. The molecule has 0 unspecified atom stereocenters. The maximum atomic E-state index is 12.0. The van der Waals surface area contributed by atoms with Crippen molar-refractivity contribution in [1.29, 1.82) is 0 Å². The minimum absolute atomic E-state index is 0.138. The lowest BCUT2D eigenvalue weighted by Crippen LogP contribution is -2.53. The van der Waals surface area contributed by atoms with Gasteiger partial charge in [-0.1, -0.05) is 0 Å². The van der Waals surface area contributed by atoms with E-state index >= 15 is 0 Å². The number of nitrogens with zero attached hydrogens (tertiary/aromatic N) is 2. The summed E-state index contributed by atoms with van der Waals surface area (Å²) >= 11 is 0. The Hall–Kier alpha value is -1.85. The number of hydrogen-bond acceptors (Lipinski definition) is 3. The topological polar surface area (TPSA) is 86.3 Å². The van der Waals surface area contributed by atoms with E-state index in [4.69, 9.17) is 5.11 Å². The van der Waals surface area contributed by atoms with Gasteiger partial charge in [-0.2, -0.15) is 5.10 Å². The molecule has 16 heavy (non-hydrogen) atoms. The van der Waals surface area contributed by atoms with Crippen LogP contribution in [0.25, 0.3) is 0 Å². The maximum absolute atomic E-state index is 12.0. The molecule has 2 rings (SSSR count). The third-order valence-corrected chi connectivity index (χ3v) is 2.86. The first-order chi connectivity index (χ1) is 7.50. The Balaban J connectivity index is 2.08. The fraction of sp³-hybridized carbons (Fsp3) is 0.500. The first-order valence-electron chi connectivity index (χ1n) is 5.04.